The van der Waals surface area contributed by atoms with Crippen LogP contribution in [0.3, 0.4) is 0 Å². The molecule has 7 nitrogen and oxygen atoms in total. The maximum absolute atomic E-state index is 12.7. The van der Waals surface area contributed by atoms with E-state index < -0.39 is 6.04 Å². The standard InChI is InChI=1S/C19H25N5O2/c1-13-5-7-16(8-6-13)12-23-9-10-24(15(3)18(23)25)19(26)21-17-11-20-22(4)14(17)2/h5-8,11,15H,9-10,12H2,1-4H3,(H,21,26). The summed E-state index contributed by atoms with van der Waals surface area (Å²) in [5.41, 5.74) is 3.83. The molecule has 3 rings (SSSR count). The molecule has 1 saturated heterocycles. The van der Waals surface area contributed by atoms with E-state index in [9.17, 15) is 9.59 Å². The first-order chi connectivity index (χ1) is 12.4. The normalized spacial score (nSPS) is 17.5. The minimum absolute atomic E-state index is 0.0325. The molecule has 1 aliphatic heterocycles. The van der Waals surface area contributed by atoms with E-state index in [4.69, 9.17) is 0 Å². The first-order valence-corrected chi connectivity index (χ1v) is 8.77. The largest absolute Gasteiger partial charge is 0.335 e. The van der Waals surface area contributed by atoms with E-state index in [-0.39, 0.29) is 11.9 Å². The Morgan fingerprint density at radius 3 is 2.54 bits per heavy atom. The monoisotopic (exact) mass is 355 g/mol. The van der Waals surface area contributed by atoms with Crippen molar-refractivity contribution in [3.05, 3.63) is 47.3 Å². The van der Waals surface area contributed by atoms with Crippen LogP contribution in [-0.2, 0) is 18.4 Å². The van der Waals surface area contributed by atoms with Gasteiger partial charge in [0.2, 0.25) is 5.91 Å². The number of nitrogens with zero attached hydrogens (tertiary/aromatic N) is 4. The number of nitrogens with one attached hydrogen (secondary N) is 1. The molecule has 1 aliphatic rings. The van der Waals surface area contributed by atoms with E-state index in [0.29, 0.717) is 25.3 Å². The van der Waals surface area contributed by atoms with E-state index in [1.807, 2.05) is 50.1 Å². The summed E-state index contributed by atoms with van der Waals surface area (Å²) in [6.45, 7) is 7.30. The average Bonchev–Trinajstić information content (AvgIpc) is 2.93. The van der Waals surface area contributed by atoms with Gasteiger partial charge in [-0.1, -0.05) is 29.8 Å². The van der Waals surface area contributed by atoms with E-state index in [1.54, 1.807) is 22.7 Å². The molecule has 26 heavy (non-hydrogen) atoms. The lowest BCUT2D eigenvalue weighted by atomic mass is 10.1. The quantitative estimate of drug-likeness (QED) is 0.918. The Bertz CT molecular complexity index is 812. The van der Waals surface area contributed by atoms with Gasteiger partial charge in [-0.3, -0.25) is 9.48 Å². The minimum atomic E-state index is -0.494. The zero-order valence-corrected chi connectivity index (χ0v) is 15.7. The number of piperazine rings is 1. The number of carbonyl (C=O) groups is 2. The number of amides is 3. The van der Waals surface area contributed by atoms with Crippen LogP contribution in [-0.4, -0.2) is 50.6 Å². The summed E-state index contributed by atoms with van der Waals surface area (Å²) in [7, 11) is 1.82. The molecular weight excluding hydrogens is 330 g/mol. The Hall–Kier alpha value is -2.83. The molecule has 1 fully saturated rings. The maximum atomic E-state index is 12.7. The molecule has 0 spiro atoms. The van der Waals surface area contributed by atoms with Crippen molar-refractivity contribution in [2.75, 3.05) is 18.4 Å². The van der Waals surface area contributed by atoms with Crippen molar-refractivity contribution in [2.24, 2.45) is 7.05 Å². The summed E-state index contributed by atoms with van der Waals surface area (Å²) in [5.74, 6) is -0.0325. The molecule has 2 heterocycles. The lowest BCUT2D eigenvalue weighted by Gasteiger charge is -2.39. The number of hydrogen-bond acceptors (Lipinski definition) is 3. The number of carbonyl (C=O) groups excluding carboxylic acids is 2. The molecule has 1 N–H and O–H groups in total. The number of aromatic nitrogens is 2. The highest BCUT2D eigenvalue weighted by atomic mass is 16.2. The maximum Gasteiger partial charge on any atom is 0.322 e. The molecule has 2 aromatic rings. The average molecular weight is 355 g/mol. The van der Waals surface area contributed by atoms with Crippen LogP contribution < -0.4 is 5.32 Å². The van der Waals surface area contributed by atoms with Crippen LogP contribution in [0.4, 0.5) is 10.5 Å². The Morgan fingerprint density at radius 2 is 1.92 bits per heavy atom. The number of hydrogen-bond donors (Lipinski definition) is 1. The Morgan fingerprint density at radius 1 is 1.23 bits per heavy atom. The molecule has 1 aromatic carbocycles. The van der Waals surface area contributed by atoms with Gasteiger partial charge in [-0.15, -0.1) is 0 Å². The molecule has 3 amide bonds. The van der Waals surface area contributed by atoms with Gasteiger partial charge in [-0.25, -0.2) is 4.79 Å². The van der Waals surface area contributed by atoms with Crippen molar-refractivity contribution in [3.8, 4) is 0 Å². The highest BCUT2D eigenvalue weighted by Gasteiger charge is 2.34. The van der Waals surface area contributed by atoms with Crippen molar-refractivity contribution in [3.63, 3.8) is 0 Å². The van der Waals surface area contributed by atoms with Gasteiger partial charge in [0, 0.05) is 26.7 Å². The smallest absolute Gasteiger partial charge is 0.322 e. The third-order valence-corrected chi connectivity index (χ3v) is 4.98. The van der Waals surface area contributed by atoms with Crippen LogP contribution in [0, 0.1) is 13.8 Å². The van der Waals surface area contributed by atoms with E-state index in [1.165, 1.54) is 5.56 Å². The highest BCUT2D eigenvalue weighted by Crippen LogP contribution is 2.18. The van der Waals surface area contributed by atoms with Crippen LogP contribution in [0.1, 0.15) is 23.7 Å². The number of urea groups is 1. The number of anilines is 1. The first kappa shape index (κ1) is 18.0. The van der Waals surface area contributed by atoms with Gasteiger partial charge in [0.15, 0.2) is 0 Å². The van der Waals surface area contributed by atoms with Crippen molar-refractivity contribution in [2.45, 2.75) is 33.4 Å². The number of aryl methyl sites for hydroxylation is 2. The highest BCUT2D eigenvalue weighted by molar-refractivity contribution is 5.94. The Labute approximate surface area is 153 Å². The summed E-state index contributed by atoms with van der Waals surface area (Å²) < 4.78 is 1.70. The molecule has 138 valence electrons. The van der Waals surface area contributed by atoms with Gasteiger partial charge in [0.25, 0.3) is 0 Å². The van der Waals surface area contributed by atoms with E-state index >= 15 is 0 Å². The summed E-state index contributed by atoms with van der Waals surface area (Å²) in [4.78, 5) is 28.7. The second-order valence-electron chi connectivity index (χ2n) is 6.81. The van der Waals surface area contributed by atoms with Gasteiger partial charge in [0.05, 0.1) is 17.6 Å². The van der Waals surface area contributed by atoms with Crippen molar-refractivity contribution < 1.29 is 9.59 Å². The lowest BCUT2D eigenvalue weighted by Crippen LogP contribution is -2.58. The third-order valence-electron chi connectivity index (χ3n) is 4.98. The fraction of sp³-hybridized carbons (Fsp3) is 0.421. The van der Waals surface area contributed by atoms with E-state index in [0.717, 1.165) is 11.3 Å². The molecule has 0 aliphatic carbocycles. The van der Waals surface area contributed by atoms with Gasteiger partial charge in [-0.2, -0.15) is 5.10 Å². The molecule has 1 aromatic heterocycles. The zero-order chi connectivity index (χ0) is 18.8. The fourth-order valence-corrected chi connectivity index (χ4v) is 3.09. The molecule has 1 unspecified atom stereocenters. The van der Waals surface area contributed by atoms with Crippen LogP contribution in [0.15, 0.2) is 30.5 Å². The third kappa shape index (κ3) is 3.56. The second-order valence-corrected chi connectivity index (χ2v) is 6.81. The SMILES string of the molecule is Cc1ccc(CN2CCN(C(=O)Nc3cnn(C)c3C)C(C)C2=O)cc1. The van der Waals surface area contributed by atoms with Gasteiger partial charge >= 0.3 is 6.03 Å². The van der Waals surface area contributed by atoms with Crippen LogP contribution in [0.2, 0.25) is 0 Å². The lowest BCUT2D eigenvalue weighted by molar-refractivity contribution is -0.139. The molecule has 0 bridgehead atoms. The van der Waals surface area contributed by atoms with Gasteiger partial charge < -0.3 is 15.1 Å². The topological polar surface area (TPSA) is 70.5 Å². The Kier molecular flexibility index (Phi) is 4.97. The summed E-state index contributed by atoms with van der Waals surface area (Å²) >= 11 is 0. The van der Waals surface area contributed by atoms with Crippen LogP contribution in [0.5, 0.6) is 0 Å². The predicted molar refractivity (Wildman–Crippen MR) is 99.7 cm³/mol. The van der Waals surface area contributed by atoms with Crippen LogP contribution >= 0.6 is 0 Å². The second kappa shape index (κ2) is 7.19. The Balaban J connectivity index is 1.64. The summed E-state index contributed by atoms with van der Waals surface area (Å²) in [5, 5.41) is 6.98. The predicted octanol–water partition coefficient (Wildman–Crippen LogP) is 2.30. The molecular formula is C19H25N5O2. The molecule has 0 radical (unpaired) electrons. The summed E-state index contributed by atoms with van der Waals surface area (Å²) in [6, 6.07) is 7.41. The fourth-order valence-electron chi connectivity index (χ4n) is 3.09. The van der Waals surface area contributed by atoms with E-state index in [2.05, 4.69) is 10.4 Å². The van der Waals surface area contributed by atoms with Crippen molar-refractivity contribution >= 4 is 17.6 Å². The van der Waals surface area contributed by atoms with Gasteiger partial charge in [-0.05, 0) is 26.3 Å². The molecule has 7 heteroatoms. The minimum Gasteiger partial charge on any atom is -0.335 e. The molecule has 1 atom stereocenters. The molecule has 0 saturated carbocycles. The van der Waals surface area contributed by atoms with Crippen LogP contribution in [0.25, 0.3) is 0 Å². The summed E-state index contributed by atoms with van der Waals surface area (Å²) in [6.07, 6.45) is 1.62. The first-order valence-electron chi connectivity index (χ1n) is 8.77. The zero-order valence-electron chi connectivity index (χ0n) is 15.7. The van der Waals surface area contributed by atoms with Gasteiger partial charge in [0.1, 0.15) is 6.04 Å². The van der Waals surface area contributed by atoms with Crippen molar-refractivity contribution in [1.82, 2.24) is 19.6 Å². The number of rotatable bonds is 3. The number of benzene rings is 1. The van der Waals surface area contributed by atoms with Crippen molar-refractivity contribution in [1.29, 1.82) is 0 Å².